The van der Waals surface area contributed by atoms with Crippen molar-refractivity contribution in [1.82, 2.24) is 4.90 Å². The van der Waals surface area contributed by atoms with E-state index >= 15 is 0 Å². The number of fused-ring (bicyclic) bond motifs is 5. The van der Waals surface area contributed by atoms with Crippen molar-refractivity contribution in [3.63, 3.8) is 0 Å². The second-order valence-electron chi connectivity index (χ2n) is 11.4. The van der Waals surface area contributed by atoms with Crippen molar-refractivity contribution in [2.24, 2.45) is 0 Å². The number of nitrogens with zero attached hydrogens (tertiary/aromatic N) is 1. The molecule has 7 heteroatoms. The van der Waals surface area contributed by atoms with Gasteiger partial charge in [-0.3, -0.25) is 4.90 Å². The van der Waals surface area contributed by atoms with Gasteiger partial charge in [-0.25, -0.2) is 0 Å². The molecule has 0 aromatic heterocycles. The number of ether oxygens (including phenoxy) is 6. The fraction of sp³-hybridized carbons (Fsp3) is 0.333. The van der Waals surface area contributed by atoms with E-state index in [1.165, 1.54) is 33.4 Å². The van der Waals surface area contributed by atoms with Crippen LogP contribution in [-0.4, -0.2) is 46.7 Å². The summed E-state index contributed by atoms with van der Waals surface area (Å²) in [6.07, 6.45) is 1.84. The zero-order chi connectivity index (χ0) is 29.5. The molecule has 222 valence electrons. The number of rotatable bonds is 8. The predicted octanol–water partition coefficient (Wildman–Crippen LogP) is 6.87. The lowest BCUT2D eigenvalue weighted by molar-refractivity contribution is 0.125. The van der Waals surface area contributed by atoms with Gasteiger partial charge < -0.3 is 28.4 Å². The van der Waals surface area contributed by atoms with Crippen molar-refractivity contribution in [2.75, 3.05) is 41.8 Å². The van der Waals surface area contributed by atoms with Crippen LogP contribution in [0, 0.1) is 0 Å². The maximum atomic E-state index is 6.00. The van der Waals surface area contributed by atoms with Crippen molar-refractivity contribution < 1.29 is 28.4 Å². The Morgan fingerprint density at radius 1 is 0.744 bits per heavy atom. The Hall–Kier alpha value is -4.36. The number of methoxy groups -OCH3 is 4. The second-order valence-corrected chi connectivity index (χ2v) is 11.4. The van der Waals surface area contributed by atoms with Crippen LogP contribution in [0.5, 0.6) is 34.5 Å². The van der Waals surface area contributed by atoms with Crippen molar-refractivity contribution in [3.05, 3.63) is 106 Å². The van der Waals surface area contributed by atoms with Crippen LogP contribution >= 0.6 is 0 Å². The molecule has 7 nitrogen and oxygen atoms in total. The first-order chi connectivity index (χ1) is 21.1. The van der Waals surface area contributed by atoms with Crippen molar-refractivity contribution >= 4 is 0 Å². The van der Waals surface area contributed by atoms with Gasteiger partial charge in [-0.1, -0.05) is 30.3 Å². The molecule has 0 aliphatic carbocycles. The van der Waals surface area contributed by atoms with Gasteiger partial charge in [-0.15, -0.1) is 0 Å². The minimum absolute atomic E-state index is 0.127. The van der Waals surface area contributed by atoms with Gasteiger partial charge in [-0.05, 0) is 83.1 Å². The molecular weight excluding hydrogens is 542 g/mol. The Kier molecular flexibility index (Phi) is 7.27. The summed E-state index contributed by atoms with van der Waals surface area (Å²) in [5.41, 5.74) is 7.65. The molecule has 3 aliphatic rings. The molecule has 2 atom stereocenters. The zero-order valence-electron chi connectivity index (χ0n) is 25.1. The Morgan fingerprint density at radius 3 is 2.00 bits per heavy atom. The minimum Gasteiger partial charge on any atom is -0.497 e. The molecule has 0 spiro atoms. The quantitative estimate of drug-likeness (QED) is 0.226. The highest BCUT2D eigenvalue weighted by Gasteiger charge is 2.43. The predicted molar refractivity (Wildman–Crippen MR) is 164 cm³/mol. The highest BCUT2D eigenvalue weighted by atomic mass is 16.7. The lowest BCUT2D eigenvalue weighted by Crippen LogP contribution is -2.42. The van der Waals surface area contributed by atoms with E-state index < -0.39 is 0 Å². The first-order valence-electron chi connectivity index (χ1n) is 14.8. The Bertz CT molecular complexity index is 1570. The highest BCUT2D eigenvalue weighted by molar-refractivity contribution is 5.57. The summed E-state index contributed by atoms with van der Waals surface area (Å²) >= 11 is 0. The van der Waals surface area contributed by atoms with Crippen molar-refractivity contribution in [1.29, 1.82) is 0 Å². The zero-order valence-corrected chi connectivity index (χ0v) is 25.1. The smallest absolute Gasteiger partial charge is 0.231 e. The van der Waals surface area contributed by atoms with Crippen LogP contribution in [-0.2, 0) is 13.0 Å². The van der Waals surface area contributed by atoms with E-state index in [0.29, 0.717) is 0 Å². The van der Waals surface area contributed by atoms with Gasteiger partial charge in [-0.2, -0.15) is 0 Å². The fourth-order valence-electron chi connectivity index (χ4n) is 7.28. The Labute approximate surface area is 252 Å². The minimum atomic E-state index is 0.127. The van der Waals surface area contributed by atoms with E-state index in [1.807, 2.05) is 0 Å². The standard InChI is InChI=1S/C36H37NO6/c1-38-25-9-5-22(6-10-25)28(23-7-11-26(39-2)12-8-23)18-30-27-13-14-32(40-3)36(41-4)31(27)20-37-16-15-24-17-33-34(43-21-42-33)19-29(24)35(30)37/h5-14,17,19,28,30,35H,15-16,18,20-21H2,1-4H3. The van der Waals surface area contributed by atoms with E-state index in [0.717, 1.165) is 60.4 Å². The molecule has 0 N–H and O–H groups in total. The molecule has 7 rings (SSSR count). The lowest BCUT2D eigenvalue weighted by atomic mass is 9.71. The van der Waals surface area contributed by atoms with E-state index in [4.69, 9.17) is 28.4 Å². The Morgan fingerprint density at radius 2 is 1.40 bits per heavy atom. The molecule has 43 heavy (non-hydrogen) atoms. The third kappa shape index (κ3) is 4.82. The fourth-order valence-corrected chi connectivity index (χ4v) is 7.28. The molecule has 3 heterocycles. The normalized spacial score (nSPS) is 18.4. The molecule has 3 aliphatic heterocycles. The summed E-state index contributed by atoms with van der Waals surface area (Å²) in [6, 6.07) is 25.9. The van der Waals surface area contributed by atoms with Gasteiger partial charge in [0.05, 0.1) is 28.4 Å². The maximum Gasteiger partial charge on any atom is 0.231 e. The van der Waals surface area contributed by atoms with E-state index in [-0.39, 0.29) is 24.7 Å². The summed E-state index contributed by atoms with van der Waals surface area (Å²) in [5.74, 6) is 5.26. The van der Waals surface area contributed by atoms with Crippen LogP contribution in [0.2, 0.25) is 0 Å². The summed E-state index contributed by atoms with van der Waals surface area (Å²) < 4.78 is 34.4. The SMILES string of the molecule is COc1ccc(C(CC2c3ccc(OC)c(OC)c3CN3CCc4cc5c(cc4C23)OCO5)c2ccc(OC)cc2)cc1. The van der Waals surface area contributed by atoms with Gasteiger partial charge >= 0.3 is 0 Å². The van der Waals surface area contributed by atoms with E-state index in [2.05, 4.69) is 77.7 Å². The third-order valence-corrected chi connectivity index (χ3v) is 9.37. The van der Waals surface area contributed by atoms with Gasteiger partial charge in [0.1, 0.15) is 11.5 Å². The molecule has 4 aromatic carbocycles. The van der Waals surface area contributed by atoms with Crippen molar-refractivity contribution in [2.45, 2.75) is 37.3 Å². The third-order valence-electron chi connectivity index (χ3n) is 9.37. The first-order valence-corrected chi connectivity index (χ1v) is 14.8. The van der Waals surface area contributed by atoms with E-state index in [9.17, 15) is 0 Å². The molecule has 0 radical (unpaired) electrons. The average Bonchev–Trinajstić information content (AvgIpc) is 3.52. The summed E-state index contributed by atoms with van der Waals surface area (Å²) in [7, 11) is 6.85. The highest BCUT2D eigenvalue weighted by Crippen LogP contribution is 2.54. The summed E-state index contributed by atoms with van der Waals surface area (Å²) in [4.78, 5) is 2.61. The molecule has 0 bridgehead atoms. The van der Waals surface area contributed by atoms with Crippen LogP contribution in [0.1, 0.15) is 57.7 Å². The first kappa shape index (κ1) is 27.5. The topological polar surface area (TPSA) is 58.6 Å². The van der Waals surface area contributed by atoms with Gasteiger partial charge in [0.2, 0.25) is 6.79 Å². The molecule has 0 fully saturated rings. The summed E-state index contributed by atoms with van der Waals surface area (Å²) in [6.45, 7) is 2.01. The van der Waals surface area contributed by atoms with Crippen LogP contribution in [0.25, 0.3) is 0 Å². The lowest BCUT2D eigenvalue weighted by Gasteiger charge is -2.47. The number of benzene rings is 4. The molecule has 0 saturated heterocycles. The largest absolute Gasteiger partial charge is 0.497 e. The van der Waals surface area contributed by atoms with Gasteiger partial charge in [0, 0.05) is 36.5 Å². The monoisotopic (exact) mass is 579 g/mol. The van der Waals surface area contributed by atoms with Gasteiger partial charge in [0.25, 0.3) is 0 Å². The van der Waals surface area contributed by atoms with E-state index in [1.54, 1.807) is 28.4 Å². The molecule has 2 unspecified atom stereocenters. The molecule has 4 aromatic rings. The Balaban J connectivity index is 1.39. The molecule has 0 amide bonds. The van der Waals surface area contributed by atoms with Crippen LogP contribution in [0.3, 0.4) is 0 Å². The van der Waals surface area contributed by atoms with Crippen LogP contribution in [0.4, 0.5) is 0 Å². The van der Waals surface area contributed by atoms with Gasteiger partial charge in [0.15, 0.2) is 23.0 Å². The maximum absolute atomic E-state index is 6.00. The van der Waals surface area contributed by atoms with Crippen LogP contribution < -0.4 is 28.4 Å². The summed E-state index contributed by atoms with van der Waals surface area (Å²) in [5, 5.41) is 0. The number of hydrogen-bond acceptors (Lipinski definition) is 7. The number of hydrogen-bond donors (Lipinski definition) is 0. The van der Waals surface area contributed by atoms with Crippen LogP contribution in [0.15, 0.2) is 72.8 Å². The second kappa shape index (κ2) is 11.4. The van der Waals surface area contributed by atoms with Crippen molar-refractivity contribution in [3.8, 4) is 34.5 Å². The molecular formula is C36H37NO6. The molecule has 0 saturated carbocycles. The average molecular weight is 580 g/mol.